The van der Waals surface area contributed by atoms with Crippen molar-refractivity contribution in [2.45, 2.75) is 30.8 Å². The maximum atomic E-state index is 12.1. The summed E-state index contributed by atoms with van der Waals surface area (Å²) in [6, 6.07) is 15.7. The maximum absolute atomic E-state index is 12.1. The van der Waals surface area contributed by atoms with Gasteiger partial charge in [0.1, 0.15) is 5.75 Å². The van der Waals surface area contributed by atoms with Gasteiger partial charge in [-0.25, -0.2) is 8.42 Å². The minimum atomic E-state index is -3.25. The molecule has 1 atom stereocenters. The lowest BCUT2D eigenvalue weighted by molar-refractivity contribution is 0.173. The number of rotatable bonds is 8. The Morgan fingerprint density at radius 2 is 1.70 bits per heavy atom. The minimum Gasteiger partial charge on any atom is -0.494 e. The summed E-state index contributed by atoms with van der Waals surface area (Å²) in [5.41, 5.74) is 0.853. The Balaban J connectivity index is 1.81. The van der Waals surface area contributed by atoms with Crippen molar-refractivity contribution in [3.63, 3.8) is 0 Å². The van der Waals surface area contributed by atoms with E-state index in [1.165, 1.54) is 0 Å². The second-order valence-electron chi connectivity index (χ2n) is 5.33. The third kappa shape index (κ3) is 5.08. The van der Waals surface area contributed by atoms with Crippen LogP contribution in [0, 0.1) is 0 Å². The van der Waals surface area contributed by atoms with Crippen molar-refractivity contribution >= 4 is 9.84 Å². The Labute approximate surface area is 137 Å². The molecule has 0 amide bonds. The van der Waals surface area contributed by atoms with Gasteiger partial charge in [0.25, 0.3) is 0 Å². The quantitative estimate of drug-likeness (QED) is 0.752. The molecule has 2 aromatic rings. The number of hydrogen-bond acceptors (Lipinski definition) is 4. The molecule has 0 saturated carbocycles. The molecule has 0 bridgehead atoms. The van der Waals surface area contributed by atoms with Crippen molar-refractivity contribution in [3.8, 4) is 5.75 Å². The molecule has 0 aliphatic heterocycles. The molecule has 0 radical (unpaired) electrons. The van der Waals surface area contributed by atoms with Crippen molar-refractivity contribution in [1.82, 2.24) is 0 Å². The molecule has 0 saturated heterocycles. The monoisotopic (exact) mass is 334 g/mol. The van der Waals surface area contributed by atoms with E-state index in [0.29, 0.717) is 30.1 Å². The summed E-state index contributed by atoms with van der Waals surface area (Å²) in [7, 11) is -3.25. The van der Waals surface area contributed by atoms with E-state index in [1.54, 1.807) is 42.5 Å². The molecule has 0 aromatic heterocycles. The van der Waals surface area contributed by atoms with E-state index in [2.05, 4.69) is 0 Å². The summed E-state index contributed by atoms with van der Waals surface area (Å²) in [5, 5.41) is 9.72. The number of hydrogen-bond donors (Lipinski definition) is 1. The molecule has 0 aliphatic rings. The topological polar surface area (TPSA) is 63.6 Å². The fourth-order valence-electron chi connectivity index (χ4n) is 2.21. The van der Waals surface area contributed by atoms with Gasteiger partial charge in [-0.3, -0.25) is 0 Å². The zero-order chi connectivity index (χ0) is 16.7. The van der Waals surface area contributed by atoms with Crippen molar-refractivity contribution in [2.75, 3.05) is 12.4 Å². The average molecular weight is 334 g/mol. The van der Waals surface area contributed by atoms with Crippen LogP contribution in [0.2, 0.25) is 0 Å². The predicted molar refractivity (Wildman–Crippen MR) is 90.3 cm³/mol. The summed E-state index contributed by atoms with van der Waals surface area (Å²) in [6.45, 7) is 2.25. The fourth-order valence-corrected chi connectivity index (χ4v) is 3.51. The lowest BCUT2D eigenvalue weighted by atomic mass is 10.1. The van der Waals surface area contributed by atoms with E-state index in [0.717, 1.165) is 5.56 Å². The Morgan fingerprint density at radius 3 is 2.30 bits per heavy atom. The summed E-state index contributed by atoms with van der Waals surface area (Å²) in [4.78, 5) is 0.345. The standard InChI is InChI=1S/C18H22O4S/c1-2-18(19)15-9-11-16(12-10-15)22-13-6-14-23(20,21)17-7-4-3-5-8-17/h3-5,7-12,18-19H,2,6,13-14H2,1H3/t18-/m1/s1. The molecular formula is C18H22O4S. The van der Waals surface area contributed by atoms with Gasteiger partial charge in [0.15, 0.2) is 9.84 Å². The molecule has 2 rings (SSSR count). The molecule has 5 heteroatoms. The Morgan fingerprint density at radius 1 is 1.04 bits per heavy atom. The van der Waals surface area contributed by atoms with Gasteiger partial charge in [0, 0.05) is 0 Å². The van der Waals surface area contributed by atoms with Crippen molar-refractivity contribution in [3.05, 3.63) is 60.2 Å². The van der Waals surface area contributed by atoms with Crippen LogP contribution in [-0.4, -0.2) is 25.9 Å². The largest absolute Gasteiger partial charge is 0.494 e. The smallest absolute Gasteiger partial charge is 0.178 e. The SMILES string of the molecule is CC[C@@H](O)c1ccc(OCCCS(=O)(=O)c2ccccc2)cc1. The Bertz CT molecular complexity index is 694. The van der Waals surface area contributed by atoms with E-state index >= 15 is 0 Å². The van der Waals surface area contributed by atoms with Crippen LogP contribution >= 0.6 is 0 Å². The average Bonchev–Trinajstić information content (AvgIpc) is 2.59. The number of aliphatic hydroxyl groups is 1. The minimum absolute atomic E-state index is 0.0592. The van der Waals surface area contributed by atoms with E-state index in [4.69, 9.17) is 4.74 Å². The van der Waals surface area contributed by atoms with Gasteiger partial charge in [0.2, 0.25) is 0 Å². The lowest BCUT2D eigenvalue weighted by Gasteiger charge is -2.10. The van der Waals surface area contributed by atoms with Gasteiger partial charge in [0.05, 0.1) is 23.4 Å². The second kappa shape index (κ2) is 8.13. The Hall–Kier alpha value is -1.85. The predicted octanol–water partition coefficient (Wildman–Crippen LogP) is 3.37. The second-order valence-corrected chi connectivity index (χ2v) is 7.44. The molecule has 0 fully saturated rings. The zero-order valence-electron chi connectivity index (χ0n) is 13.2. The molecule has 0 heterocycles. The molecular weight excluding hydrogens is 312 g/mol. The van der Waals surface area contributed by atoms with E-state index in [1.807, 2.05) is 19.1 Å². The third-order valence-corrected chi connectivity index (χ3v) is 5.40. The molecule has 23 heavy (non-hydrogen) atoms. The number of sulfone groups is 1. The molecule has 0 unspecified atom stereocenters. The van der Waals surface area contributed by atoms with Crippen LogP contribution in [0.25, 0.3) is 0 Å². The van der Waals surface area contributed by atoms with Crippen LogP contribution in [0.1, 0.15) is 31.4 Å². The first-order chi connectivity index (χ1) is 11.0. The van der Waals surface area contributed by atoms with E-state index in [-0.39, 0.29) is 5.75 Å². The molecule has 0 aliphatic carbocycles. The summed E-state index contributed by atoms with van der Waals surface area (Å²) in [6.07, 6.45) is 0.633. The number of ether oxygens (including phenoxy) is 1. The highest BCUT2D eigenvalue weighted by molar-refractivity contribution is 7.91. The molecule has 0 spiro atoms. The first kappa shape index (κ1) is 17.5. The normalized spacial score (nSPS) is 12.8. The first-order valence-corrected chi connectivity index (χ1v) is 9.37. The molecule has 124 valence electrons. The van der Waals surface area contributed by atoms with Crippen LogP contribution in [0.4, 0.5) is 0 Å². The fraction of sp³-hybridized carbons (Fsp3) is 0.333. The Kier molecular flexibility index (Phi) is 6.19. The van der Waals surface area contributed by atoms with Crippen molar-refractivity contribution in [1.29, 1.82) is 0 Å². The van der Waals surface area contributed by atoms with Crippen LogP contribution in [0.15, 0.2) is 59.5 Å². The number of aliphatic hydroxyl groups excluding tert-OH is 1. The van der Waals surface area contributed by atoms with Gasteiger partial charge in [-0.05, 0) is 42.7 Å². The lowest BCUT2D eigenvalue weighted by Crippen LogP contribution is -2.10. The van der Waals surface area contributed by atoms with Crippen molar-refractivity contribution < 1.29 is 18.3 Å². The molecule has 4 nitrogen and oxygen atoms in total. The number of benzene rings is 2. The van der Waals surface area contributed by atoms with Crippen LogP contribution in [-0.2, 0) is 9.84 Å². The van der Waals surface area contributed by atoms with Gasteiger partial charge in [-0.15, -0.1) is 0 Å². The maximum Gasteiger partial charge on any atom is 0.178 e. The van der Waals surface area contributed by atoms with Gasteiger partial charge in [-0.1, -0.05) is 37.3 Å². The summed E-state index contributed by atoms with van der Waals surface area (Å²) < 4.78 is 29.8. The highest BCUT2D eigenvalue weighted by atomic mass is 32.2. The van der Waals surface area contributed by atoms with Crippen molar-refractivity contribution in [2.24, 2.45) is 0 Å². The van der Waals surface area contributed by atoms with E-state index < -0.39 is 15.9 Å². The van der Waals surface area contributed by atoms with Gasteiger partial charge in [-0.2, -0.15) is 0 Å². The highest BCUT2D eigenvalue weighted by Gasteiger charge is 2.13. The van der Waals surface area contributed by atoms with Gasteiger partial charge < -0.3 is 9.84 Å². The van der Waals surface area contributed by atoms with Crippen LogP contribution < -0.4 is 4.74 Å². The summed E-state index contributed by atoms with van der Waals surface area (Å²) in [5.74, 6) is 0.734. The molecule has 2 aromatic carbocycles. The van der Waals surface area contributed by atoms with Gasteiger partial charge >= 0.3 is 0 Å². The van der Waals surface area contributed by atoms with Crippen LogP contribution in [0.3, 0.4) is 0 Å². The third-order valence-electron chi connectivity index (χ3n) is 3.58. The zero-order valence-corrected chi connectivity index (χ0v) is 14.0. The first-order valence-electron chi connectivity index (χ1n) is 7.71. The van der Waals surface area contributed by atoms with Crippen LogP contribution in [0.5, 0.6) is 5.75 Å². The summed E-state index contributed by atoms with van der Waals surface area (Å²) >= 11 is 0. The highest BCUT2D eigenvalue weighted by Crippen LogP contribution is 2.20. The molecule has 1 N–H and O–H groups in total. The van der Waals surface area contributed by atoms with E-state index in [9.17, 15) is 13.5 Å².